The van der Waals surface area contributed by atoms with Crippen molar-refractivity contribution in [3.63, 3.8) is 0 Å². The van der Waals surface area contributed by atoms with Crippen molar-refractivity contribution in [2.45, 2.75) is 17.4 Å². The molecular weight excluding hydrogens is 432 g/mol. The van der Waals surface area contributed by atoms with Crippen LogP contribution in [0, 0.1) is 12.3 Å². The molecule has 1 amide bonds. The van der Waals surface area contributed by atoms with E-state index in [1.807, 2.05) is 18.2 Å². The zero-order chi connectivity index (χ0) is 19.4. The molecule has 0 radical (unpaired) electrons. The number of terminal acetylenes is 1. The maximum Gasteiger partial charge on any atom is 0.251 e. The van der Waals surface area contributed by atoms with E-state index in [0.717, 1.165) is 15.8 Å². The number of hydrogen-bond donors (Lipinski definition) is 2. The largest absolute Gasteiger partial charge is 0.493 e. The van der Waals surface area contributed by atoms with Crippen molar-refractivity contribution in [2.75, 3.05) is 13.2 Å². The summed E-state index contributed by atoms with van der Waals surface area (Å²) in [5.74, 6) is 2.67. The number of fused-ring (bicyclic) bond motifs is 1. The fourth-order valence-electron chi connectivity index (χ4n) is 2.76. The minimum absolute atomic E-state index is 0.0506. The van der Waals surface area contributed by atoms with E-state index in [9.17, 15) is 13.2 Å². The summed E-state index contributed by atoms with van der Waals surface area (Å²) in [6.07, 6.45) is 5.72. The molecule has 2 aromatic rings. The Morgan fingerprint density at radius 3 is 2.70 bits per heavy atom. The highest BCUT2D eigenvalue weighted by Crippen LogP contribution is 2.34. The van der Waals surface area contributed by atoms with E-state index >= 15 is 0 Å². The Kier molecular flexibility index (Phi) is 5.85. The Morgan fingerprint density at radius 2 is 2.00 bits per heavy atom. The smallest absolute Gasteiger partial charge is 0.251 e. The summed E-state index contributed by atoms with van der Waals surface area (Å²) in [5, 5.41) is 2.98. The Hall–Kier alpha value is -2.34. The van der Waals surface area contributed by atoms with Crippen LogP contribution >= 0.6 is 15.9 Å². The predicted octanol–water partition coefficient (Wildman–Crippen LogP) is 2.61. The first-order valence-corrected chi connectivity index (χ1v) is 10.4. The van der Waals surface area contributed by atoms with Crippen LogP contribution in [-0.2, 0) is 10.0 Å². The van der Waals surface area contributed by atoms with Crippen molar-refractivity contribution in [1.82, 2.24) is 10.0 Å². The van der Waals surface area contributed by atoms with Gasteiger partial charge in [0.05, 0.1) is 24.1 Å². The summed E-state index contributed by atoms with van der Waals surface area (Å²) in [5.41, 5.74) is 1.27. The van der Waals surface area contributed by atoms with E-state index in [0.29, 0.717) is 18.6 Å². The average Bonchev–Trinajstić information content (AvgIpc) is 2.67. The predicted molar refractivity (Wildman–Crippen MR) is 105 cm³/mol. The van der Waals surface area contributed by atoms with Crippen molar-refractivity contribution in [3.05, 3.63) is 58.1 Å². The minimum atomic E-state index is -3.68. The summed E-state index contributed by atoms with van der Waals surface area (Å²) < 4.78 is 32.9. The molecule has 0 aromatic heterocycles. The van der Waals surface area contributed by atoms with Crippen LogP contribution < -0.4 is 14.8 Å². The highest BCUT2D eigenvalue weighted by Gasteiger charge is 2.24. The van der Waals surface area contributed by atoms with E-state index in [4.69, 9.17) is 11.2 Å². The van der Waals surface area contributed by atoms with Gasteiger partial charge in [-0.15, -0.1) is 6.42 Å². The van der Waals surface area contributed by atoms with Crippen molar-refractivity contribution in [1.29, 1.82) is 0 Å². The number of hydrogen-bond acceptors (Lipinski definition) is 4. The van der Waals surface area contributed by atoms with Crippen LogP contribution in [0.25, 0.3) is 0 Å². The van der Waals surface area contributed by atoms with Crippen LogP contribution in [0.1, 0.15) is 28.4 Å². The fourth-order valence-corrected chi connectivity index (χ4v) is 4.08. The molecule has 6 nitrogen and oxygen atoms in total. The third kappa shape index (κ3) is 4.50. The van der Waals surface area contributed by atoms with E-state index < -0.39 is 10.0 Å². The number of carbonyl (C=O) groups excluding carboxylic acids is 1. The molecule has 2 aromatic carbocycles. The second-order valence-corrected chi connectivity index (χ2v) is 8.58. The second-order valence-electron chi connectivity index (χ2n) is 5.90. The molecular formula is C19H17BrN2O4S. The molecule has 1 aliphatic rings. The Bertz CT molecular complexity index is 997. The van der Waals surface area contributed by atoms with Gasteiger partial charge in [0.15, 0.2) is 0 Å². The van der Waals surface area contributed by atoms with E-state index in [1.165, 1.54) is 24.3 Å². The molecule has 0 fully saturated rings. The lowest BCUT2D eigenvalue weighted by Crippen LogP contribution is -2.32. The first kappa shape index (κ1) is 19.4. The third-order valence-electron chi connectivity index (χ3n) is 4.11. The van der Waals surface area contributed by atoms with Gasteiger partial charge >= 0.3 is 0 Å². The van der Waals surface area contributed by atoms with Crippen LogP contribution in [0.4, 0.5) is 0 Å². The van der Waals surface area contributed by atoms with Gasteiger partial charge in [0, 0.05) is 22.0 Å². The molecule has 3 rings (SSSR count). The minimum Gasteiger partial charge on any atom is -0.493 e. The summed E-state index contributed by atoms with van der Waals surface area (Å²) in [6, 6.07) is 11.2. The van der Waals surface area contributed by atoms with E-state index in [1.54, 1.807) is 0 Å². The lowest BCUT2D eigenvalue weighted by atomic mass is 10.00. The summed E-state index contributed by atoms with van der Waals surface area (Å²) >= 11 is 3.43. The van der Waals surface area contributed by atoms with Gasteiger partial charge in [0.2, 0.25) is 10.0 Å². The number of ether oxygens (including phenoxy) is 1. The zero-order valence-electron chi connectivity index (χ0n) is 14.2. The molecule has 0 bridgehead atoms. The maximum atomic E-state index is 12.6. The number of amides is 1. The van der Waals surface area contributed by atoms with Crippen LogP contribution in [0.3, 0.4) is 0 Å². The number of nitrogens with one attached hydrogen (secondary N) is 2. The zero-order valence-corrected chi connectivity index (χ0v) is 16.6. The lowest BCUT2D eigenvalue weighted by Gasteiger charge is -2.27. The molecule has 1 atom stereocenters. The van der Waals surface area contributed by atoms with Gasteiger partial charge in [-0.1, -0.05) is 21.9 Å². The monoisotopic (exact) mass is 448 g/mol. The summed E-state index contributed by atoms with van der Waals surface area (Å²) in [6.45, 7) is 0.418. The van der Waals surface area contributed by atoms with E-state index in [2.05, 4.69) is 31.9 Å². The van der Waals surface area contributed by atoms with Crippen LogP contribution in [0.2, 0.25) is 0 Å². The molecule has 1 unspecified atom stereocenters. The van der Waals surface area contributed by atoms with Crippen molar-refractivity contribution in [2.24, 2.45) is 0 Å². The van der Waals surface area contributed by atoms with Gasteiger partial charge in [-0.25, -0.2) is 8.42 Å². The fraction of sp³-hybridized carbons (Fsp3) is 0.211. The first-order chi connectivity index (χ1) is 12.9. The van der Waals surface area contributed by atoms with Gasteiger partial charge in [0.1, 0.15) is 5.75 Å². The molecule has 0 saturated heterocycles. The summed E-state index contributed by atoms with van der Waals surface area (Å²) in [4.78, 5) is 12.6. The average molecular weight is 449 g/mol. The topological polar surface area (TPSA) is 84.5 Å². The SMILES string of the molecule is C#CCNS(=O)(=O)c1ccc(C(=O)NC2CCOc3ccc(Br)cc32)cc1. The number of rotatable bonds is 5. The molecule has 2 N–H and O–H groups in total. The van der Waals surface area contributed by atoms with Crippen molar-refractivity contribution in [3.8, 4) is 18.1 Å². The highest BCUT2D eigenvalue weighted by molar-refractivity contribution is 9.10. The third-order valence-corrected chi connectivity index (χ3v) is 6.02. The molecule has 1 aliphatic heterocycles. The Labute approximate surface area is 166 Å². The molecule has 0 spiro atoms. The number of carbonyl (C=O) groups is 1. The maximum absolute atomic E-state index is 12.6. The normalized spacial score (nSPS) is 15.9. The lowest BCUT2D eigenvalue weighted by molar-refractivity contribution is 0.0924. The molecule has 0 saturated carbocycles. The standard InChI is InChI=1S/C19H17BrN2O4S/c1-2-10-21-27(24,25)15-6-3-13(4-7-15)19(23)22-17-9-11-26-18-8-5-14(20)12-16(17)18/h1,3-8,12,17,21H,9-11H2,(H,22,23). The van der Waals surface area contributed by atoms with E-state index in [-0.39, 0.29) is 23.4 Å². The molecule has 8 heteroatoms. The first-order valence-electron chi connectivity index (χ1n) is 8.17. The van der Waals surface area contributed by atoms with Crippen LogP contribution in [0.5, 0.6) is 5.75 Å². The Balaban J connectivity index is 1.75. The van der Waals surface area contributed by atoms with Gasteiger partial charge in [0.25, 0.3) is 5.91 Å². The molecule has 27 heavy (non-hydrogen) atoms. The number of benzene rings is 2. The molecule has 1 heterocycles. The van der Waals surface area contributed by atoms with Gasteiger partial charge in [-0.2, -0.15) is 4.72 Å². The quantitative estimate of drug-likeness (QED) is 0.688. The van der Waals surface area contributed by atoms with Gasteiger partial charge < -0.3 is 10.1 Å². The van der Waals surface area contributed by atoms with Crippen LogP contribution in [-0.4, -0.2) is 27.5 Å². The Morgan fingerprint density at radius 1 is 1.26 bits per heavy atom. The summed E-state index contributed by atoms with van der Waals surface area (Å²) in [7, 11) is -3.68. The second kappa shape index (κ2) is 8.13. The van der Waals surface area contributed by atoms with Gasteiger partial charge in [-0.3, -0.25) is 4.79 Å². The number of sulfonamides is 1. The van der Waals surface area contributed by atoms with Crippen LogP contribution in [0.15, 0.2) is 51.8 Å². The number of halogens is 1. The highest BCUT2D eigenvalue weighted by atomic mass is 79.9. The van der Waals surface area contributed by atoms with Gasteiger partial charge in [-0.05, 0) is 42.5 Å². The molecule has 0 aliphatic carbocycles. The molecule has 140 valence electrons. The van der Waals surface area contributed by atoms with Crippen molar-refractivity contribution >= 4 is 31.9 Å². The van der Waals surface area contributed by atoms with Crippen molar-refractivity contribution < 1.29 is 17.9 Å².